The van der Waals surface area contributed by atoms with Gasteiger partial charge in [0.05, 0.1) is 17.4 Å². The number of hydrogen-bond donors (Lipinski definition) is 2. The Morgan fingerprint density at radius 3 is 2.67 bits per heavy atom. The number of nitrogens with two attached hydrogens (primary N) is 1. The minimum Gasteiger partial charge on any atom is -0.396 e. The van der Waals surface area contributed by atoms with Crippen LogP contribution in [-0.2, 0) is 0 Å². The van der Waals surface area contributed by atoms with Crippen LogP contribution >= 0.6 is 0 Å². The molecule has 0 saturated carbocycles. The number of rotatable bonds is 2. The highest BCUT2D eigenvalue weighted by atomic mass is 19.1. The summed E-state index contributed by atoms with van der Waals surface area (Å²) in [5.41, 5.74) is 5.57. The van der Waals surface area contributed by atoms with E-state index in [0.29, 0.717) is 0 Å². The van der Waals surface area contributed by atoms with Crippen molar-refractivity contribution >= 4 is 17.3 Å². The second-order valence-corrected chi connectivity index (χ2v) is 3.58. The third-order valence-corrected chi connectivity index (χ3v) is 2.23. The first-order valence-electron chi connectivity index (χ1n) is 5.03. The van der Waals surface area contributed by atoms with E-state index in [1.54, 1.807) is 0 Å². The molecule has 0 saturated heterocycles. The van der Waals surface area contributed by atoms with Crippen LogP contribution in [0.25, 0.3) is 0 Å². The molecule has 0 aliphatic heterocycles. The van der Waals surface area contributed by atoms with Gasteiger partial charge >= 0.3 is 0 Å². The number of carbonyl (C=O) groups excluding carboxylic acids is 1. The summed E-state index contributed by atoms with van der Waals surface area (Å²) in [7, 11) is 0. The van der Waals surface area contributed by atoms with Crippen LogP contribution in [0.4, 0.5) is 20.2 Å². The molecule has 4 nitrogen and oxygen atoms in total. The quantitative estimate of drug-likeness (QED) is 0.801. The molecule has 0 aliphatic rings. The molecule has 3 N–H and O–H groups in total. The maximum atomic E-state index is 13.1. The van der Waals surface area contributed by atoms with Gasteiger partial charge in [0.15, 0.2) is 0 Å². The van der Waals surface area contributed by atoms with Crippen molar-refractivity contribution < 1.29 is 13.6 Å². The number of benzene rings is 1. The van der Waals surface area contributed by atoms with Crippen molar-refractivity contribution in [1.29, 1.82) is 0 Å². The molecule has 18 heavy (non-hydrogen) atoms. The Morgan fingerprint density at radius 1 is 1.22 bits per heavy atom. The summed E-state index contributed by atoms with van der Waals surface area (Å²) in [4.78, 5) is 15.2. The lowest BCUT2D eigenvalue weighted by Gasteiger charge is -2.06. The molecule has 0 bridgehead atoms. The first-order valence-corrected chi connectivity index (χ1v) is 5.03. The minimum absolute atomic E-state index is 0.0135. The fourth-order valence-electron chi connectivity index (χ4n) is 1.34. The number of carbonyl (C=O) groups is 1. The van der Waals surface area contributed by atoms with Crippen LogP contribution in [0, 0.1) is 11.6 Å². The van der Waals surface area contributed by atoms with Gasteiger partial charge in [-0.05, 0) is 24.3 Å². The molecule has 1 aromatic carbocycles. The second-order valence-electron chi connectivity index (χ2n) is 3.58. The highest BCUT2D eigenvalue weighted by Gasteiger charge is 2.08. The van der Waals surface area contributed by atoms with Crippen molar-refractivity contribution in [2.45, 2.75) is 0 Å². The molecular weight excluding hydrogens is 240 g/mol. The number of halogens is 2. The van der Waals surface area contributed by atoms with Crippen molar-refractivity contribution in [2.24, 2.45) is 0 Å². The lowest BCUT2D eigenvalue weighted by molar-refractivity contribution is 0.102. The Morgan fingerprint density at radius 2 is 2.00 bits per heavy atom. The van der Waals surface area contributed by atoms with Gasteiger partial charge in [0, 0.05) is 11.9 Å². The molecule has 1 aromatic heterocycles. The van der Waals surface area contributed by atoms with E-state index in [1.165, 1.54) is 18.3 Å². The largest absolute Gasteiger partial charge is 0.396 e. The van der Waals surface area contributed by atoms with Gasteiger partial charge in [-0.2, -0.15) is 0 Å². The second kappa shape index (κ2) is 4.79. The predicted octanol–water partition coefficient (Wildman–Crippen LogP) is 2.19. The standard InChI is InChI=1S/C12H9F2N3O/c13-8-3-7(5-16-6-8)12(18)17-9-1-2-11(15)10(14)4-9/h1-6H,15H2,(H,17,18). The molecule has 2 aromatic rings. The van der Waals surface area contributed by atoms with Crippen molar-refractivity contribution in [3.8, 4) is 0 Å². The Kier molecular flexibility index (Phi) is 3.18. The molecule has 0 radical (unpaired) electrons. The zero-order chi connectivity index (χ0) is 13.1. The van der Waals surface area contributed by atoms with Crippen LogP contribution in [0.3, 0.4) is 0 Å². The van der Waals surface area contributed by atoms with Crippen LogP contribution in [0.1, 0.15) is 10.4 Å². The third kappa shape index (κ3) is 2.60. The first kappa shape index (κ1) is 12.0. The molecule has 92 valence electrons. The van der Waals surface area contributed by atoms with Crippen LogP contribution < -0.4 is 11.1 Å². The summed E-state index contributed by atoms with van der Waals surface area (Å²) < 4.78 is 26.0. The van der Waals surface area contributed by atoms with E-state index < -0.39 is 17.5 Å². The Bertz CT molecular complexity index is 602. The number of nitrogens with one attached hydrogen (secondary N) is 1. The number of hydrogen-bond acceptors (Lipinski definition) is 3. The molecule has 1 heterocycles. The molecule has 6 heteroatoms. The van der Waals surface area contributed by atoms with Crippen molar-refractivity contribution in [3.05, 3.63) is 53.9 Å². The minimum atomic E-state index is -0.634. The van der Waals surface area contributed by atoms with Gasteiger partial charge in [0.25, 0.3) is 5.91 Å². The van der Waals surface area contributed by atoms with E-state index >= 15 is 0 Å². The van der Waals surface area contributed by atoms with Crippen LogP contribution in [0.5, 0.6) is 0 Å². The van der Waals surface area contributed by atoms with Gasteiger partial charge in [0.1, 0.15) is 11.6 Å². The van der Waals surface area contributed by atoms with E-state index in [9.17, 15) is 13.6 Å². The fourth-order valence-corrected chi connectivity index (χ4v) is 1.34. The van der Waals surface area contributed by atoms with E-state index in [2.05, 4.69) is 10.3 Å². The molecule has 0 atom stereocenters. The predicted molar refractivity (Wildman–Crippen MR) is 63.0 cm³/mol. The molecule has 0 aliphatic carbocycles. The van der Waals surface area contributed by atoms with Gasteiger partial charge in [-0.15, -0.1) is 0 Å². The van der Waals surface area contributed by atoms with E-state index in [0.717, 1.165) is 18.3 Å². The lowest BCUT2D eigenvalue weighted by atomic mass is 10.2. The molecule has 1 amide bonds. The topological polar surface area (TPSA) is 68.0 Å². The highest BCUT2D eigenvalue weighted by Crippen LogP contribution is 2.16. The number of pyridine rings is 1. The maximum Gasteiger partial charge on any atom is 0.257 e. The Balaban J connectivity index is 2.18. The summed E-state index contributed by atoms with van der Waals surface area (Å²) >= 11 is 0. The van der Waals surface area contributed by atoms with E-state index in [-0.39, 0.29) is 16.9 Å². The monoisotopic (exact) mass is 249 g/mol. The van der Waals surface area contributed by atoms with Gasteiger partial charge < -0.3 is 11.1 Å². The van der Waals surface area contributed by atoms with Crippen LogP contribution in [0.15, 0.2) is 36.7 Å². The van der Waals surface area contributed by atoms with Crippen molar-refractivity contribution in [1.82, 2.24) is 4.98 Å². The summed E-state index contributed by atoms with van der Waals surface area (Å²) in [5.74, 6) is -1.83. The molecule has 0 fully saturated rings. The smallest absolute Gasteiger partial charge is 0.257 e. The average Bonchev–Trinajstić information content (AvgIpc) is 2.34. The maximum absolute atomic E-state index is 13.1. The fraction of sp³-hybridized carbons (Fsp3) is 0. The molecule has 2 rings (SSSR count). The first-order chi connectivity index (χ1) is 8.56. The Hall–Kier alpha value is -2.50. The number of aromatic nitrogens is 1. The summed E-state index contributed by atoms with van der Waals surface area (Å²) in [5, 5.41) is 2.41. The number of nitrogens with zero attached hydrogens (tertiary/aromatic N) is 1. The van der Waals surface area contributed by atoms with Gasteiger partial charge in [-0.3, -0.25) is 9.78 Å². The summed E-state index contributed by atoms with van der Waals surface area (Å²) in [6, 6.07) is 4.90. The number of amides is 1. The van der Waals surface area contributed by atoms with E-state index in [1.807, 2.05) is 0 Å². The van der Waals surface area contributed by atoms with E-state index in [4.69, 9.17) is 5.73 Å². The highest BCUT2D eigenvalue weighted by molar-refractivity contribution is 6.04. The van der Waals surface area contributed by atoms with Crippen molar-refractivity contribution in [3.63, 3.8) is 0 Å². The zero-order valence-corrected chi connectivity index (χ0v) is 9.15. The van der Waals surface area contributed by atoms with Crippen molar-refractivity contribution in [2.75, 3.05) is 11.1 Å². The van der Waals surface area contributed by atoms with Gasteiger partial charge in [0.2, 0.25) is 0 Å². The molecular formula is C12H9F2N3O. The molecule has 0 unspecified atom stereocenters. The SMILES string of the molecule is Nc1ccc(NC(=O)c2cncc(F)c2)cc1F. The third-order valence-electron chi connectivity index (χ3n) is 2.23. The summed E-state index contributed by atoms with van der Waals surface area (Å²) in [6.07, 6.45) is 2.20. The zero-order valence-electron chi connectivity index (χ0n) is 9.15. The summed E-state index contributed by atoms with van der Waals surface area (Å²) in [6.45, 7) is 0. The average molecular weight is 249 g/mol. The Labute approximate surface area is 101 Å². The van der Waals surface area contributed by atoms with Crippen LogP contribution in [0.2, 0.25) is 0 Å². The van der Waals surface area contributed by atoms with Crippen LogP contribution in [-0.4, -0.2) is 10.9 Å². The van der Waals surface area contributed by atoms with Gasteiger partial charge in [-0.1, -0.05) is 0 Å². The number of nitrogen functional groups attached to an aromatic ring is 1. The number of anilines is 2. The van der Waals surface area contributed by atoms with Gasteiger partial charge in [-0.25, -0.2) is 8.78 Å². The molecule has 0 spiro atoms. The normalized spacial score (nSPS) is 10.1. The lowest BCUT2D eigenvalue weighted by Crippen LogP contribution is -2.12.